The molecule has 2 aromatic rings. The lowest BCUT2D eigenvalue weighted by Gasteiger charge is -2.33. The molecule has 1 aliphatic rings. The zero-order chi connectivity index (χ0) is 19.6. The summed E-state index contributed by atoms with van der Waals surface area (Å²) in [4.78, 5) is 12.6. The van der Waals surface area contributed by atoms with Crippen molar-refractivity contribution in [3.05, 3.63) is 65.2 Å². The lowest BCUT2D eigenvalue weighted by atomic mass is 9.97. The maximum absolute atomic E-state index is 12.6. The average molecular weight is 388 g/mol. The third kappa shape index (κ3) is 4.14. The molecule has 1 aliphatic heterocycles. The van der Waals surface area contributed by atoms with Crippen molar-refractivity contribution >= 4 is 21.6 Å². The number of rotatable bonds is 5. The molecule has 0 radical (unpaired) electrons. The molecule has 2 aromatic carbocycles. The molecule has 27 heavy (non-hydrogen) atoms. The van der Waals surface area contributed by atoms with Crippen molar-refractivity contribution in [1.82, 2.24) is 5.32 Å². The molecular formula is C20H24N2O4S. The van der Waals surface area contributed by atoms with Gasteiger partial charge in [0.05, 0.1) is 24.1 Å². The minimum atomic E-state index is -3.54. The van der Waals surface area contributed by atoms with Gasteiger partial charge in [-0.2, -0.15) is 0 Å². The Hall–Kier alpha value is -2.38. The van der Waals surface area contributed by atoms with Gasteiger partial charge >= 0.3 is 0 Å². The van der Waals surface area contributed by atoms with Gasteiger partial charge in [0, 0.05) is 13.5 Å². The van der Waals surface area contributed by atoms with Gasteiger partial charge in [0.25, 0.3) is 0 Å². The largest absolute Gasteiger partial charge is 0.392 e. The molecule has 0 fully saturated rings. The van der Waals surface area contributed by atoms with Crippen molar-refractivity contribution < 1.29 is 18.3 Å². The van der Waals surface area contributed by atoms with Crippen LogP contribution in [0.4, 0.5) is 5.69 Å². The highest BCUT2D eigenvalue weighted by molar-refractivity contribution is 7.92. The van der Waals surface area contributed by atoms with Crippen LogP contribution in [-0.2, 0) is 21.4 Å². The molecule has 1 heterocycles. The molecule has 0 spiro atoms. The monoisotopic (exact) mass is 388 g/mol. The maximum Gasteiger partial charge on any atom is 0.237 e. The number of nitrogens with zero attached hydrogens (tertiary/aromatic N) is 1. The van der Waals surface area contributed by atoms with Gasteiger partial charge in [0.15, 0.2) is 0 Å². The summed E-state index contributed by atoms with van der Waals surface area (Å²) < 4.78 is 26.2. The van der Waals surface area contributed by atoms with Crippen molar-refractivity contribution in [3.63, 3.8) is 0 Å². The van der Waals surface area contributed by atoms with E-state index >= 15 is 0 Å². The summed E-state index contributed by atoms with van der Waals surface area (Å²) in [5.41, 5.74) is 2.93. The number of hydrogen-bond acceptors (Lipinski definition) is 4. The van der Waals surface area contributed by atoms with Crippen molar-refractivity contribution in [2.24, 2.45) is 0 Å². The van der Waals surface area contributed by atoms with E-state index in [0.717, 1.165) is 11.1 Å². The van der Waals surface area contributed by atoms with Crippen LogP contribution in [0, 0.1) is 0 Å². The van der Waals surface area contributed by atoms with Crippen molar-refractivity contribution in [3.8, 4) is 0 Å². The molecule has 2 N–H and O–H groups in total. The smallest absolute Gasteiger partial charge is 0.237 e. The van der Waals surface area contributed by atoms with E-state index in [1.807, 2.05) is 37.3 Å². The fraction of sp³-hybridized carbons (Fsp3) is 0.350. The summed E-state index contributed by atoms with van der Waals surface area (Å²) in [5.74, 6) is -0.334. The Balaban J connectivity index is 1.80. The molecule has 0 saturated heterocycles. The van der Waals surface area contributed by atoms with E-state index in [-0.39, 0.29) is 30.6 Å². The molecule has 1 amide bonds. The zero-order valence-electron chi connectivity index (χ0n) is 15.4. The Morgan fingerprint density at radius 2 is 1.96 bits per heavy atom. The fourth-order valence-electron chi connectivity index (χ4n) is 3.37. The van der Waals surface area contributed by atoms with E-state index in [2.05, 4.69) is 5.32 Å². The second-order valence-corrected chi connectivity index (χ2v) is 8.98. The third-order valence-electron chi connectivity index (χ3n) is 4.98. The first-order valence-electron chi connectivity index (χ1n) is 8.86. The molecule has 7 heteroatoms. The molecule has 144 valence electrons. The molecule has 2 unspecified atom stereocenters. The second kappa shape index (κ2) is 7.70. The number of sulfonamides is 1. The average Bonchev–Trinajstić information content (AvgIpc) is 2.66. The van der Waals surface area contributed by atoms with Gasteiger partial charge in [-0.15, -0.1) is 0 Å². The summed E-state index contributed by atoms with van der Waals surface area (Å²) >= 11 is 0. The zero-order valence-corrected chi connectivity index (χ0v) is 16.2. The fourth-order valence-corrected chi connectivity index (χ4v) is 4.73. The van der Waals surface area contributed by atoms with E-state index in [9.17, 15) is 18.3 Å². The highest BCUT2D eigenvalue weighted by atomic mass is 32.2. The lowest BCUT2D eigenvalue weighted by molar-refractivity contribution is -0.122. The Labute approximate surface area is 159 Å². The Morgan fingerprint density at radius 1 is 1.26 bits per heavy atom. The summed E-state index contributed by atoms with van der Waals surface area (Å²) in [6, 6.07) is 14.3. The van der Waals surface area contributed by atoms with Gasteiger partial charge in [-0.25, -0.2) is 8.42 Å². The number of amides is 1. The lowest BCUT2D eigenvalue weighted by Crippen LogP contribution is -2.43. The molecular weight excluding hydrogens is 364 g/mol. The molecule has 3 rings (SSSR count). The first-order valence-corrected chi connectivity index (χ1v) is 10.5. The van der Waals surface area contributed by atoms with Gasteiger partial charge in [-0.1, -0.05) is 49.4 Å². The number of nitrogens with one attached hydrogen (secondary N) is 1. The molecule has 2 atom stereocenters. The Bertz CT molecular complexity index is 928. The van der Waals surface area contributed by atoms with Crippen molar-refractivity contribution in [1.29, 1.82) is 0 Å². The van der Waals surface area contributed by atoms with Crippen molar-refractivity contribution in [2.45, 2.75) is 31.9 Å². The van der Waals surface area contributed by atoms with Gasteiger partial charge < -0.3 is 10.4 Å². The number of hydrogen-bond donors (Lipinski definition) is 2. The van der Waals surface area contributed by atoms with Crippen LogP contribution < -0.4 is 9.62 Å². The highest BCUT2D eigenvalue weighted by Crippen LogP contribution is 2.35. The summed E-state index contributed by atoms with van der Waals surface area (Å²) in [6.07, 6.45) is 0.278. The molecule has 6 nitrogen and oxygen atoms in total. The highest BCUT2D eigenvalue weighted by Gasteiger charge is 2.34. The third-order valence-corrected chi connectivity index (χ3v) is 6.77. The van der Waals surface area contributed by atoms with E-state index in [4.69, 9.17) is 0 Å². The predicted octanol–water partition coefficient (Wildman–Crippen LogP) is 2.31. The van der Waals surface area contributed by atoms with Crippen LogP contribution in [0.5, 0.6) is 0 Å². The Morgan fingerprint density at radius 3 is 2.63 bits per heavy atom. The predicted molar refractivity (Wildman–Crippen MR) is 105 cm³/mol. The minimum Gasteiger partial charge on any atom is -0.392 e. The standard InChI is InChI=1S/C20H24N2O4S/c1-14(16-6-4-3-5-7-16)10-20(24)21-18-13-27(25,26)22(2)19-11-15(12-23)8-9-17(18)19/h3-9,11,14,18,23H,10,12-13H2,1-2H3,(H,21,24). The van der Waals surface area contributed by atoms with E-state index in [0.29, 0.717) is 11.3 Å². The topological polar surface area (TPSA) is 86.7 Å². The van der Waals surface area contributed by atoms with Crippen LogP contribution in [0.25, 0.3) is 0 Å². The first kappa shape index (κ1) is 19.4. The number of aliphatic hydroxyl groups is 1. The minimum absolute atomic E-state index is 0.0327. The van der Waals surface area contributed by atoms with Gasteiger partial charge in [-0.3, -0.25) is 9.10 Å². The van der Waals surface area contributed by atoms with Gasteiger partial charge in [-0.05, 0) is 28.7 Å². The van der Waals surface area contributed by atoms with Crippen LogP contribution in [0.2, 0.25) is 0 Å². The summed E-state index contributed by atoms with van der Waals surface area (Å²) in [5, 5.41) is 12.2. The van der Waals surface area contributed by atoms with E-state index in [1.54, 1.807) is 18.2 Å². The quantitative estimate of drug-likeness (QED) is 0.823. The first-order chi connectivity index (χ1) is 12.8. The van der Waals surface area contributed by atoms with Gasteiger partial charge in [0.2, 0.25) is 15.9 Å². The van der Waals surface area contributed by atoms with E-state index < -0.39 is 16.1 Å². The van der Waals surface area contributed by atoms with Gasteiger partial charge in [0.1, 0.15) is 0 Å². The number of fused-ring (bicyclic) bond motifs is 1. The normalized spacial score (nSPS) is 19.2. The summed E-state index contributed by atoms with van der Waals surface area (Å²) in [6.45, 7) is 1.80. The molecule has 0 bridgehead atoms. The second-order valence-electron chi connectivity index (χ2n) is 6.93. The van der Waals surface area contributed by atoms with Crippen LogP contribution in [0.1, 0.15) is 42.0 Å². The SMILES string of the molecule is CC(CC(=O)NC1CS(=O)(=O)N(C)c2cc(CO)ccc21)c1ccccc1. The molecule has 0 aliphatic carbocycles. The molecule has 0 saturated carbocycles. The van der Waals surface area contributed by atoms with Crippen molar-refractivity contribution in [2.75, 3.05) is 17.1 Å². The van der Waals surface area contributed by atoms with Crippen LogP contribution in [0.15, 0.2) is 48.5 Å². The number of anilines is 1. The van der Waals surface area contributed by atoms with Crippen LogP contribution in [-0.4, -0.2) is 32.2 Å². The number of carbonyl (C=O) groups excluding carboxylic acids is 1. The number of carbonyl (C=O) groups is 1. The molecule has 0 aromatic heterocycles. The number of aliphatic hydroxyl groups excluding tert-OH is 1. The van der Waals surface area contributed by atoms with Crippen LogP contribution in [0.3, 0.4) is 0 Å². The Kier molecular flexibility index (Phi) is 5.53. The van der Waals surface area contributed by atoms with E-state index in [1.165, 1.54) is 11.4 Å². The van der Waals surface area contributed by atoms with Crippen LogP contribution >= 0.6 is 0 Å². The summed E-state index contributed by atoms with van der Waals surface area (Å²) in [7, 11) is -2.05. The number of benzene rings is 2. The maximum atomic E-state index is 12.6.